The van der Waals surface area contributed by atoms with Gasteiger partial charge >= 0.3 is 0 Å². The second-order valence-electron chi connectivity index (χ2n) is 3.64. The lowest BCUT2D eigenvalue weighted by molar-refractivity contribution is 0.0491. The zero-order valence-corrected chi connectivity index (χ0v) is 7.80. The monoisotopic (exact) mass is 186 g/mol. The molecule has 0 fully saturated rings. The van der Waals surface area contributed by atoms with E-state index >= 15 is 0 Å². The van der Waals surface area contributed by atoms with Crippen molar-refractivity contribution in [2.45, 2.75) is 32.5 Å². The maximum Gasteiger partial charge on any atom is 0.152 e. The van der Waals surface area contributed by atoms with Crippen LogP contribution in [0.25, 0.3) is 0 Å². The minimum atomic E-state index is -1.01. The number of nitrogens with one attached hydrogen (secondary N) is 1. The number of aromatic nitrogens is 2. The van der Waals surface area contributed by atoms with Gasteiger partial charge in [-0.1, -0.05) is 13.8 Å². The molecular weight excluding hydrogens is 171 g/mol. The summed E-state index contributed by atoms with van der Waals surface area (Å²) in [5.41, 5.74) is 2.36. The molecule has 0 amide bonds. The maximum atomic E-state index is 13.4. The van der Waals surface area contributed by atoms with E-state index < -0.39 is 6.17 Å². The number of rotatable bonds is 1. The van der Waals surface area contributed by atoms with E-state index in [2.05, 4.69) is 10.2 Å². The smallest absolute Gasteiger partial charge is 0.152 e. The summed E-state index contributed by atoms with van der Waals surface area (Å²) in [4.78, 5) is 0. The Bertz CT molecular complexity index is 314. The first kappa shape index (κ1) is 8.69. The van der Waals surface area contributed by atoms with E-state index in [1.165, 1.54) is 0 Å². The van der Waals surface area contributed by atoms with Gasteiger partial charge in [0.15, 0.2) is 6.17 Å². The number of halogens is 1. The maximum absolute atomic E-state index is 13.4. The van der Waals surface area contributed by atoms with Crippen molar-refractivity contribution in [2.24, 2.45) is 0 Å². The first-order valence-corrected chi connectivity index (χ1v) is 4.49. The quantitative estimate of drug-likeness (QED) is 0.730. The summed E-state index contributed by atoms with van der Waals surface area (Å²) >= 11 is 0. The van der Waals surface area contributed by atoms with Crippen LogP contribution in [0, 0.1) is 0 Å². The van der Waals surface area contributed by atoms with Crippen molar-refractivity contribution in [1.82, 2.24) is 10.2 Å². The third-order valence-electron chi connectivity index (χ3n) is 2.28. The van der Waals surface area contributed by atoms with Gasteiger partial charge in [-0.05, 0) is 5.92 Å². The van der Waals surface area contributed by atoms with E-state index in [9.17, 15) is 4.39 Å². The van der Waals surface area contributed by atoms with Crippen LogP contribution in [0.2, 0.25) is 0 Å². The zero-order chi connectivity index (χ0) is 9.42. The molecule has 1 aliphatic rings. The summed E-state index contributed by atoms with van der Waals surface area (Å²) in [6.45, 7) is 4.64. The number of H-pyrrole nitrogens is 1. The minimum absolute atomic E-state index is 0. The van der Waals surface area contributed by atoms with E-state index in [1.54, 1.807) is 0 Å². The fraction of sp³-hybridized carbons (Fsp3) is 0.667. The van der Waals surface area contributed by atoms with Crippen LogP contribution in [0.5, 0.6) is 0 Å². The molecule has 0 saturated heterocycles. The van der Waals surface area contributed by atoms with Crippen molar-refractivity contribution in [3.05, 3.63) is 17.0 Å². The second-order valence-corrected chi connectivity index (χ2v) is 3.64. The first-order valence-electron chi connectivity index (χ1n) is 4.49. The summed E-state index contributed by atoms with van der Waals surface area (Å²) in [6.07, 6.45) is -1.01. The number of hydrogen-bond donors (Lipinski definition) is 1. The number of hydrogen-bond acceptors (Lipinski definition) is 2. The molecule has 2 rings (SSSR count). The Labute approximate surface area is 77.8 Å². The molecule has 1 aromatic rings. The highest BCUT2D eigenvalue weighted by Gasteiger charge is 2.27. The molecule has 1 unspecified atom stereocenters. The van der Waals surface area contributed by atoms with Crippen LogP contribution in [0.1, 0.15) is 44.3 Å². The van der Waals surface area contributed by atoms with Gasteiger partial charge in [0.2, 0.25) is 0 Å². The Morgan fingerprint density at radius 3 is 3.15 bits per heavy atom. The molecule has 0 radical (unpaired) electrons. The van der Waals surface area contributed by atoms with Gasteiger partial charge in [0, 0.05) is 6.99 Å². The Hall–Kier alpha value is -0.900. The molecule has 2 heterocycles. The molecule has 74 valence electrons. The Kier molecular flexibility index (Phi) is 2.07. The summed E-state index contributed by atoms with van der Waals surface area (Å²) in [5.74, 6) is 0.261. The van der Waals surface area contributed by atoms with Crippen molar-refractivity contribution in [2.75, 3.05) is 6.61 Å². The molecule has 1 aromatic heterocycles. The standard InChI is InChI=1S/C9H13FN2O.H2/c1-5(2)9-8-6(10)3-13-4-7(8)11-12-9;/h5-6H,3-4H2,1-2H3,(H,11,12);1H. The number of alkyl halides is 1. The Morgan fingerprint density at radius 1 is 1.69 bits per heavy atom. The molecule has 0 aliphatic carbocycles. The largest absolute Gasteiger partial charge is 0.372 e. The fourth-order valence-electron chi connectivity index (χ4n) is 1.65. The Morgan fingerprint density at radius 2 is 2.46 bits per heavy atom. The summed E-state index contributed by atoms with van der Waals surface area (Å²) < 4.78 is 18.5. The van der Waals surface area contributed by atoms with Crippen LogP contribution in [0.4, 0.5) is 4.39 Å². The third kappa shape index (κ3) is 1.35. The molecule has 3 nitrogen and oxygen atoms in total. The molecule has 0 aromatic carbocycles. The van der Waals surface area contributed by atoms with Crippen molar-refractivity contribution in [1.29, 1.82) is 0 Å². The topological polar surface area (TPSA) is 37.9 Å². The molecule has 13 heavy (non-hydrogen) atoms. The number of ether oxygens (including phenoxy) is 1. The normalized spacial score (nSPS) is 22.0. The van der Waals surface area contributed by atoms with E-state index in [0.29, 0.717) is 6.61 Å². The van der Waals surface area contributed by atoms with Gasteiger partial charge in [0.05, 0.1) is 24.6 Å². The molecule has 1 atom stereocenters. The van der Waals surface area contributed by atoms with Crippen molar-refractivity contribution < 1.29 is 10.6 Å². The van der Waals surface area contributed by atoms with Gasteiger partial charge in [-0.15, -0.1) is 0 Å². The predicted molar refractivity (Wildman–Crippen MR) is 48.3 cm³/mol. The van der Waals surface area contributed by atoms with Crippen molar-refractivity contribution >= 4 is 0 Å². The molecule has 4 heteroatoms. The van der Waals surface area contributed by atoms with Crippen LogP contribution >= 0.6 is 0 Å². The van der Waals surface area contributed by atoms with Crippen molar-refractivity contribution in [3.63, 3.8) is 0 Å². The highest BCUT2D eigenvalue weighted by Crippen LogP contribution is 2.32. The molecule has 1 aliphatic heterocycles. The van der Waals surface area contributed by atoms with Gasteiger partial charge in [-0.25, -0.2) is 4.39 Å². The molecule has 1 N–H and O–H groups in total. The number of aromatic amines is 1. The van der Waals surface area contributed by atoms with Gasteiger partial charge in [-0.3, -0.25) is 5.10 Å². The van der Waals surface area contributed by atoms with E-state index in [1.807, 2.05) is 13.8 Å². The fourth-order valence-corrected chi connectivity index (χ4v) is 1.65. The van der Waals surface area contributed by atoms with E-state index in [0.717, 1.165) is 17.0 Å². The van der Waals surface area contributed by atoms with Gasteiger partial charge in [-0.2, -0.15) is 5.10 Å². The number of nitrogens with zero attached hydrogens (tertiary/aromatic N) is 1. The molecule has 0 bridgehead atoms. The molecule has 0 saturated carbocycles. The van der Waals surface area contributed by atoms with E-state index in [-0.39, 0.29) is 14.0 Å². The number of fused-ring (bicyclic) bond motifs is 1. The highest BCUT2D eigenvalue weighted by molar-refractivity contribution is 5.30. The van der Waals surface area contributed by atoms with Crippen LogP contribution in [0.3, 0.4) is 0 Å². The summed E-state index contributed by atoms with van der Waals surface area (Å²) in [6, 6.07) is 0. The van der Waals surface area contributed by atoms with Gasteiger partial charge < -0.3 is 4.74 Å². The lowest BCUT2D eigenvalue weighted by atomic mass is 9.99. The van der Waals surface area contributed by atoms with Crippen LogP contribution in [0.15, 0.2) is 0 Å². The molecular formula is C9H15FN2O. The lowest BCUT2D eigenvalue weighted by Gasteiger charge is -2.17. The summed E-state index contributed by atoms with van der Waals surface area (Å²) in [7, 11) is 0. The van der Waals surface area contributed by atoms with Gasteiger partial charge in [0.25, 0.3) is 0 Å². The third-order valence-corrected chi connectivity index (χ3v) is 2.28. The van der Waals surface area contributed by atoms with Crippen LogP contribution in [-0.4, -0.2) is 16.8 Å². The SMILES string of the molecule is CC(C)c1n[nH]c2c1C(F)COC2.[HH]. The molecule has 0 spiro atoms. The Balaban J connectivity index is 0.000000980. The average molecular weight is 186 g/mol. The minimum Gasteiger partial charge on any atom is -0.372 e. The van der Waals surface area contributed by atoms with Crippen molar-refractivity contribution in [3.8, 4) is 0 Å². The van der Waals surface area contributed by atoms with Gasteiger partial charge in [0.1, 0.15) is 0 Å². The van der Waals surface area contributed by atoms with E-state index in [4.69, 9.17) is 4.74 Å². The average Bonchev–Trinajstić information content (AvgIpc) is 2.49. The second kappa shape index (κ2) is 3.10. The van der Waals surface area contributed by atoms with Crippen LogP contribution < -0.4 is 0 Å². The summed E-state index contributed by atoms with van der Waals surface area (Å²) in [5, 5.41) is 6.93. The van der Waals surface area contributed by atoms with Crippen LogP contribution in [-0.2, 0) is 11.3 Å². The zero-order valence-electron chi connectivity index (χ0n) is 7.80. The lowest BCUT2D eigenvalue weighted by Crippen LogP contribution is -2.13. The highest BCUT2D eigenvalue weighted by atomic mass is 19.1. The first-order chi connectivity index (χ1) is 6.20. The predicted octanol–water partition coefficient (Wildman–Crippen LogP) is 2.32.